The first-order valence-corrected chi connectivity index (χ1v) is 11.0. The number of benzene rings is 3. The Labute approximate surface area is 169 Å². The van der Waals surface area contributed by atoms with E-state index < -0.39 is 10.0 Å². The number of para-hydroxylation sites is 1. The molecule has 4 aromatic rings. The normalized spacial score (nSPS) is 12.9. The zero-order valence-corrected chi connectivity index (χ0v) is 16.5. The Hall–Kier alpha value is -2.96. The van der Waals surface area contributed by atoms with Crippen LogP contribution in [0.15, 0.2) is 85.1 Å². The second-order valence-corrected chi connectivity index (χ2v) is 8.79. The molecule has 148 valence electrons. The molecule has 0 spiro atoms. The molecule has 0 fully saturated rings. The summed E-state index contributed by atoms with van der Waals surface area (Å²) < 4.78 is 41.5. The quantitative estimate of drug-likeness (QED) is 0.471. The lowest BCUT2D eigenvalue weighted by Crippen LogP contribution is -2.30. The van der Waals surface area contributed by atoms with E-state index in [2.05, 4.69) is 9.71 Å². The van der Waals surface area contributed by atoms with E-state index >= 15 is 0 Å². The van der Waals surface area contributed by atoms with Crippen molar-refractivity contribution < 1.29 is 12.8 Å². The van der Waals surface area contributed by atoms with Gasteiger partial charge in [0.1, 0.15) is 5.82 Å². The molecule has 3 aromatic carbocycles. The Morgan fingerprint density at radius 1 is 0.897 bits per heavy atom. The SMILES string of the molecule is O=S(=O)(Cc1ccccc1)NCC(c1ccc(F)cc1)c1c[nH]c2ccccc12. The average Bonchev–Trinajstić information content (AvgIpc) is 3.14. The smallest absolute Gasteiger partial charge is 0.215 e. The largest absolute Gasteiger partial charge is 0.361 e. The van der Waals surface area contributed by atoms with Gasteiger partial charge in [-0.3, -0.25) is 0 Å². The standard InChI is InChI=1S/C23H21FN2O2S/c24-19-12-10-18(11-13-19)21(22-14-25-23-9-5-4-8-20(22)23)15-26-29(27,28)16-17-6-2-1-3-7-17/h1-14,21,25-26H,15-16H2. The van der Waals surface area contributed by atoms with Crippen molar-refractivity contribution in [3.63, 3.8) is 0 Å². The van der Waals surface area contributed by atoms with Gasteiger partial charge in [-0.25, -0.2) is 17.5 Å². The molecule has 6 heteroatoms. The summed E-state index contributed by atoms with van der Waals surface area (Å²) in [5.74, 6) is -0.661. The highest BCUT2D eigenvalue weighted by Gasteiger charge is 2.21. The highest BCUT2D eigenvalue weighted by molar-refractivity contribution is 7.88. The van der Waals surface area contributed by atoms with E-state index in [0.717, 1.165) is 27.6 Å². The highest BCUT2D eigenvalue weighted by Crippen LogP contribution is 2.30. The van der Waals surface area contributed by atoms with Crippen LogP contribution in [0.3, 0.4) is 0 Å². The fraction of sp³-hybridized carbons (Fsp3) is 0.130. The highest BCUT2D eigenvalue weighted by atomic mass is 32.2. The van der Waals surface area contributed by atoms with Gasteiger partial charge >= 0.3 is 0 Å². The summed E-state index contributed by atoms with van der Waals surface area (Å²) in [6.45, 7) is 0.183. The fourth-order valence-electron chi connectivity index (χ4n) is 3.54. The molecular formula is C23H21FN2O2S. The molecule has 0 saturated heterocycles. The van der Waals surface area contributed by atoms with Crippen molar-refractivity contribution in [2.24, 2.45) is 0 Å². The number of halogens is 1. The molecule has 0 amide bonds. The zero-order chi connectivity index (χ0) is 20.3. The van der Waals surface area contributed by atoms with Crippen LogP contribution in [-0.4, -0.2) is 19.9 Å². The molecule has 1 aromatic heterocycles. The number of rotatable bonds is 7. The molecule has 1 heterocycles. The van der Waals surface area contributed by atoms with Gasteiger partial charge in [-0.15, -0.1) is 0 Å². The lowest BCUT2D eigenvalue weighted by molar-refractivity contribution is 0.576. The molecule has 4 rings (SSSR count). The summed E-state index contributed by atoms with van der Waals surface area (Å²) in [4.78, 5) is 3.24. The first-order valence-electron chi connectivity index (χ1n) is 9.34. The van der Waals surface area contributed by atoms with Crippen LogP contribution in [0.1, 0.15) is 22.6 Å². The number of hydrogen-bond acceptors (Lipinski definition) is 2. The topological polar surface area (TPSA) is 62.0 Å². The van der Waals surface area contributed by atoms with E-state index in [1.807, 2.05) is 48.7 Å². The Morgan fingerprint density at radius 2 is 1.59 bits per heavy atom. The van der Waals surface area contributed by atoms with Crippen molar-refractivity contribution in [3.05, 3.63) is 108 Å². The Kier molecular flexibility index (Phi) is 5.47. The van der Waals surface area contributed by atoms with Gasteiger partial charge in [0, 0.05) is 29.6 Å². The maximum atomic E-state index is 13.4. The Bertz CT molecular complexity index is 1200. The van der Waals surface area contributed by atoms with Gasteiger partial charge in [-0.05, 0) is 34.9 Å². The van der Waals surface area contributed by atoms with Gasteiger partial charge in [0.05, 0.1) is 5.75 Å². The Morgan fingerprint density at radius 3 is 2.34 bits per heavy atom. The number of aromatic nitrogens is 1. The monoisotopic (exact) mass is 408 g/mol. The number of fused-ring (bicyclic) bond motifs is 1. The predicted molar refractivity (Wildman–Crippen MR) is 114 cm³/mol. The van der Waals surface area contributed by atoms with E-state index in [9.17, 15) is 12.8 Å². The molecule has 0 saturated carbocycles. The van der Waals surface area contributed by atoms with Crippen molar-refractivity contribution >= 4 is 20.9 Å². The lowest BCUT2D eigenvalue weighted by atomic mass is 9.91. The molecule has 0 aliphatic rings. The molecule has 0 aliphatic heterocycles. The first kappa shape index (κ1) is 19.4. The van der Waals surface area contributed by atoms with E-state index in [4.69, 9.17) is 0 Å². The van der Waals surface area contributed by atoms with E-state index in [1.165, 1.54) is 12.1 Å². The number of hydrogen-bond donors (Lipinski definition) is 2. The molecule has 1 atom stereocenters. The second kappa shape index (κ2) is 8.19. The number of H-pyrrole nitrogens is 1. The van der Waals surface area contributed by atoms with Crippen LogP contribution in [-0.2, 0) is 15.8 Å². The van der Waals surface area contributed by atoms with Crippen molar-refractivity contribution in [1.29, 1.82) is 0 Å². The van der Waals surface area contributed by atoms with E-state index in [-0.39, 0.29) is 24.0 Å². The van der Waals surface area contributed by atoms with Crippen molar-refractivity contribution in [2.45, 2.75) is 11.7 Å². The molecule has 0 bridgehead atoms. The predicted octanol–water partition coefficient (Wildman–Crippen LogP) is 4.56. The van der Waals surface area contributed by atoms with Gasteiger partial charge in [0.15, 0.2) is 0 Å². The minimum absolute atomic E-state index is 0.0855. The van der Waals surface area contributed by atoms with Gasteiger partial charge in [0.25, 0.3) is 0 Å². The zero-order valence-electron chi connectivity index (χ0n) is 15.7. The number of nitrogens with one attached hydrogen (secondary N) is 2. The second-order valence-electron chi connectivity index (χ2n) is 6.99. The van der Waals surface area contributed by atoms with Gasteiger partial charge < -0.3 is 4.98 Å². The summed E-state index contributed by atoms with van der Waals surface area (Å²) in [5, 5.41) is 1.02. The van der Waals surface area contributed by atoms with Gasteiger partial charge in [-0.2, -0.15) is 0 Å². The molecule has 2 N–H and O–H groups in total. The van der Waals surface area contributed by atoms with Gasteiger partial charge in [-0.1, -0.05) is 60.7 Å². The van der Waals surface area contributed by atoms with Crippen molar-refractivity contribution in [2.75, 3.05) is 6.54 Å². The summed E-state index contributed by atoms with van der Waals surface area (Å²) >= 11 is 0. The summed E-state index contributed by atoms with van der Waals surface area (Å²) in [5.41, 5.74) is 3.51. The molecule has 29 heavy (non-hydrogen) atoms. The van der Waals surface area contributed by atoms with Crippen LogP contribution in [0.4, 0.5) is 4.39 Å². The molecule has 0 aliphatic carbocycles. The van der Waals surface area contributed by atoms with Crippen LogP contribution in [0.25, 0.3) is 10.9 Å². The van der Waals surface area contributed by atoms with Crippen LogP contribution in [0.5, 0.6) is 0 Å². The molecule has 0 radical (unpaired) electrons. The van der Waals surface area contributed by atoms with Crippen LogP contribution >= 0.6 is 0 Å². The summed E-state index contributed by atoms with van der Waals surface area (Å²) in [6.07, 6.45) is 1.89. The average molecular weight is 408 g/mol. The minimum atomic E-state index is -3.52. The van der Waals surface area contributed by atoms with Crippen LogP contribution < -0.4 is 4.72 Å². The third kappa shape index (κ3) is 4.55. The lowest BCUT2D eigenvalue weighted by Gasteiger charge is -2.18. The van der Waals surface area contributed by atoms with Gasteiger partial charge in [0.2, 0.25) is 10.0 Å². The summed E-state index contributed by atoms with van der Waals surface area (Å²) in [7, 11) is -3.52. The maximum absolute atomic E-state index is 13.4. The first-order chi connectivity index (χ1) is 14.0. The van der Waals surface area contributed by atoms with Crippen molar-refractivity contribution in [3.8, 4) is 0 Å². The summed E-state index contributed by atoms with van der Waals surface area (Å²) in [6, 6.07) is 23.1. The molecule has 1 unspecified atom stereocenters. The molecule has 4 nitrogen and oxygen atoms in total. The van der Waals surface area contributed by atoms with Crippen LogP contribution in [0, 0.1) is 5.82 Å². The minimum Gasteiger partial charge on any atom is -0.361 e. The van der Waals surface area contributed by atoms with Crippen LogP contribution in [0.2, 0.25) is 0 Å². The van der Waals surface area contributed by atoms with E-state index in [0.29, 0.717) is 0 Å². The third-order valence-corrected chi connectivity index (χ3v) is 6.30. The third-order valence-electron chi connectivity index (χ3n) is 4.98. The van der Waals surface area contributed by atoms with E-state index in [1.54, 1.807) is 24.3 Å². The Balaban J connectivity index is 1.63. The van der Waals surface area contributed by atoms with Crippen molar-refractivity contribution in [1.82, 2.24) is 9.71 Å². The molecular weight excluding hydrogens is 387 g/mol. The fourth-order valence-corrected chi connectivity index (χ4v) is 4.69. The number of sulfonamides is 1. The number of aromatic amines is 1. The maximum Gasteiger partial charge on any atom is 0.215 e.